The molecule has 0 radical (unpaired) electrons. The molecule has 34 heavy (non-hydrogen) atoms. The van der Waals surface area contributed by atoms with Crippen LogP contribution in [-0.4, -0.2) is 35.4 Å². The van der Waals surface area contributed by atoms with Crippen molar-refractivity contribution in [3.8, 4) is 29.0 Å². The van der Waals surface area contributed by atoms with Crippen molar-refractivity contribution in [3.05, 3.63) is 64.4 Å². The van der Waals surface area contributed by atoms with E-state index >= 15 is 0 Å². The maximum Gasteiger partial charge on any atom is 0.432 e. The summed E-state index contributed by atoms with van der Waals surface area (Å²) < 4.78 is 45.2. The molecule has 7 nitrogen and oxygen atoms in total. The number of nitrogens with zero attached hydrogens (tertiary/aromatic N) is 1. The number of halogens is 4. The van der Waals surface area contributed by atoms with E-state index in [9.17, 15) is 22.8 Å². The Morgan fingerprint density at radius 3 is 2.76 bits per heavy atom. The standard InChI is InChI=1S/C23H18BrF3N4O3/c24-17-4-1-3-15(11-17)5-8-21(33)30-18-12-16(22-29-13-20(31-22)23(25,26)27)6-7-19(18)34-10-2-9-28-14-32/h1,3-4,6-7,11-14H,2,9-10H2,(H,28,32)(H,29,31)(H,30,33). The Morgan fingerprint density at radius 2 is 2.06 bits per heavy atom. The van der Waals surface area contributed by atoms with E-state index in [-0.39, 0.29) is 23.9 Å². The summed E-state index contributed by atoms with van der Waals surface area (Å²) in [7, 11) is 0. The minimum absolute atomic E-state index is 0.0234. The van der Waals surface area contributed by atoms with Crippen LogP contribution in [0.3, 0.4) is 0 Å². The summed E-state index contributed by atoms with van der Waals surface area (Å²) in [4.78, 5) is 28.8. The Balaban J connectivity index is 1.83. The van der Waals surface area contributed by atoms with Crippen molar-refractivity contribution < 1.29 is 27.5 Å². The molecule has 11 heteroatoms. The van der Waals surface area contributed by atoms with Crippen LogP contribution in [0.5, 0.6) is 5.75 Å². The van der Waals surface area contributed by atoms with E-state index in [0.717, 1.165) is 4.47 Å². The first-order valence-electron chi connectivity index (χ1n) is 9.91. The Labute approximate surface area is 201 Å². The first-order valence-corrected chi connectivity index (χ1v) is 10.7. The van der Waals surface area contributed by atoms with Crippen LogP contribution >= 0.6 is 15.9 Å². The minimum Gasteiger partial charge on any atom is -0.491 e. The first kappa shape index (κ1) is 24.9. The largest absolute Gasteiger partial charge is 0.491 e. The molecule has 0 saturated carbocycles. The van der Waals surface area contributed by atoms with Crippen molar-refractivity contribution in [2.45, 2.75) is 12.6 Å². The van der Waals surface area contributed by atoms with Gasteiger partial charge in [-0.3, -0.25) is 9.59 Å². The first-order chi connectivity index (χ1) is 16.3. The number of carbonyl (C=O) groups excluding carboxylic acids is 2. The highest BCUT2D eigenvalue weighted by molar-refractivity contribution is 9.10. The number of nitrogens with one attached hydrogen (secondary N) is 3. The summed E-state index contributed by atoms with van der Waals surface area (Å²) >= 11 is 3.33. The molecule has 0 unspecified atom stereocenters. The van der Waals surface area contributed by atoms with Crippen LogP contribution in [0.25, 0.3) is 11.4 Å². The van der Waals surface area contributed by atoms with E-state index in [0.29, 0.717) is 36.7 Å². The number of anilines is 1. The summed E-state index contributed by atoms with van der Waals surface area (Å²) in [5, 5.41) is 5.12. The lowest BCUT2D eigenvalue weighted by Gasteiger charge is -2.13. The summed E-state index contributed by atoms with van der Waals surface area (Å²) in [6, 6.07) is 11.6. The van der Waals surface area contributed by atoms with Gasteiger partial charge in [0.15, 0.2) is 0 Å². The Bertz CT molecular complexity index is 1230. The molecule has 1 aromatic heterocycles. The van der Waals surface area contributed by atoms with Gasteiger partial charge in [-0.15, -0.1) is 0 Å². The molecule has 2 aromatic carbocycles. The van der Waals surface area contributed by atoms with Crippen LogP contribution in [0.2, 0.25) is 0 Å². The predicted molar refractivity (Wildman–Crippen MR) is 123 cm³/mol. The Hall–Kier alpha value is -3.78. The summed E-state index contributed by atoms with van der Waals surface area (Å²) in [6.45, 7) is 0.625. The number of amides is 2. The fraction of sp³-hybridized carbons (Fsp3) is 0.174. The number of benzene rings is 2. The molecule has 0 aliphatic carbocycles. The third-order valence-corrected chi connectivity index (χ3v) is 4.83. The van der Waals surface area contributed by atoms with E-state index in [1.165, 1.54) is 18.2 Å². The van der Waals surface area contributed by atoms with Gasteiger partial charge in [-0.05, 0) is 42.8 Å². The molecule has 2 amide bonds. The number of alkyl halides is 3. The number of H-pyrrole nitrogens is 1. The van der Waals surface area contributed by atoms with Crippen LogP contribution in [0.4, 0.5) is 18.9 Å². The van der Waals surface area contributed by atoms with Crippen LogP contribution in [0.1, 0.15) is 17.7 Å². The molecule has 176 valence electrons. The summed E-state index contributed by atoms with van der Waals surface area (Å²) in [6.07, 6.45) is -2.79. The third-order valence-electron chi connectivity index (χ3n) is 4.33. The van der Waals surface area contributed by atoms with Crippen molar-refractivity contribution in [1.82, 2.24) is 15.3 Å². The van der Waals surface area contributed by atoms with Gasteiger partial charge in [0.05, 0.1) is 18.5 Å². The second-order valence-corrected chi connectivity index (χ2v) is 7.76. The number of aromatic nitrogens is 2. The average Bonchev–Trinajstić information content (AvgIpc) is 3.29. The van der Waals surface area contributed by atoms with Gasteiger partial charge in [0.2, 0.25) is 6.41 Å². The van der Waals surface area contributed by atoms with Gasteiger partial charge >= 0.3 is 12.1 Å². The van der Waals surface area contributed by atoms with Gasteiger partial charge in [0.25, 0.3) is 0 Å². The Kier molecular flexibility index (Phi) is 8.32. The van der Waals surface area contributed by atoms with Gasteiger partial charge in [-0.2, -0.15) is 13.2 Å². The summed E-state index contributed by atoms with van der Waals surface area (Å²) in [5.41, 5.74) is 0.142. The lowest BCUT2D eigenvalue weighted by molar-refractivity contribution is -0.140. The van der Waals surface area contributed by atoms with Crippen LogP contribution in [-0.2, 0) is 15.8 Å². The quantitative estimate of drug-likeness (QED) is 0.227. The minimum atomic E-state index is -4.57. The SMILES string of the molecule is O=CNCCCOc1ccc(-c2ncc(C(F)(F)F)[nH]2)cc1NC(=O)C#Cc1cccc(Br)c1. The van der Waals surface area contributed by atoms with Gasteiger partial charge in [0, 0.05) is 28.1 Å². The number of aromatic amines is 1. The number of rotatable bonds is 8. The number of ether oxygens (including phenoxy) is 1. The monoisotopic (exact) mass is 534 g/mol. The maximum atomic E-state index is 12.9. The topological polar surface area (TPSA) is 96.1 Å². The van der Waals surface area contributed by atoms with Crippen LogP contribution in [0, 0.1) is 11.8 Å². The molecule has 0 saturated heterocycles. The molecule has 0 aliphatic rings. The molecule has 0 spiro atoms. The zero-order valence-electron chi connectivity index (χ0n) is 17.5. The molecular weight excluding hydrogens is 517 g/mol. The van der Waals surface area contributed by atoms with E-state index in [2.05, 4.69) is 48.4 Å². The van der Waals surface area contributed by atoms with Crippen molar-refractivity contribution in [2.75, 3.05) is 18.5 Å². The number of imidazole rings is 1. The molecule has 1 heterocycles. The lowest BCUT2D eigenvalue weighted by atomic mass is 10.1. The Morgan fingerprint density at radius 1 is 1.24 bits per heavy atom. The van der Waals surface area contributed by atoms with Crippen molar-refractivity contribution in [2.24, 2.45) is 0 Å². The van der Waals surface area contributed by atoms with Gasteiger partial charge in [0.1, 0.15) is 17.3 Å². The smallest absolute Gasteiger partial charge is 0.432 e. The van der Waals surface area contributed by atoms with E-state index in [1.807, 2.05) is 6.07 Å². The zero-order valence-corrected chi connectivity index (χ0v) is 19.1. The average molecular weight is 535 g/mol. The van der Waals surface area contributed by atoms with Gasteiger partial charge in [-0.25, -0.2) is 4.98 Å². The van der Waals surface area contributed by atoms with Crippen LogP contribution < -0.4 is 15.4 Å². The van der Waals surface area contributed by atoms with E-state index in [1.54, 1.807) is 18.2 Å². The second kappa shape index (κ2) is 11.4. The van der Waals surface area contributed by atoms with Crippen LogP contribution in [0.15, 0.2) is 53.1 Å². The van der Waals surface area contributed by atoms with E-state index < -0.39 is 17.8 Å². The van der Waals surface area contributed by atoms with Crippen molar-refractivity contribution >= 4 is 33.9 Å². The van der Waals surface area contributed by atoms with Gasteiger partial charge in [-0.1, -0.05) is 27.9 Å². The van der Waals surface area contributed by atoms with Gasteiger partial charge < -0.3 is 20.4 Å². The molecule has 0 fully saturated rings. The fourth-order valence-electron chi connectivity index (χ4n) is 2.78. The zero-order chi connectivity index (χ0) is 24.6. The van der Waals surface area contributed by atoms with Crippen molar-refractivity contribution in [3.63, 3.8) is 0 Å². The molecule has 3 rings (SSSR count). The fourth-order valence-corrected chi connectivity index (χ4v) is 3.18. The molecular formula is C23H18BrF3N4O3. The van der Waals surface area contributed by atoms with Crippen molar-refractivity contribution in [1.29, 1.82) is 0 Å². The molecule has 0 aliphatic heterocycles. The number of hydrogen-bond acceptors (Lipinski definition) is 4. The number of carbonyl (C=O) groups is 2. The highest BCUT2D eigenvalue weighted by Crippen LogP contribution is 2.32. The third kappa shape index (κ3) is 7.11. The highest BCUT2D eigenvalue weighted by atomic mass is 79.9. The molecule has 3 N–H and O–H groups in total. The highest BCUT2D eigenvalue weighted by Gasteiger charge is 2.33. The molecule has 3 aromatic rings. The van der Waals surface area contributed by atoms with E-state index in [4.69, 9.17) is 4.74 Å². The lowest BCUT2D eigenvalue weighted by Crippen LogP contribution is -2.15. The number of hydrogen-bond donors (Lipinski definition) is 3. The molecule has 0 bridgehead atoms. The second-order valence-electron chi connectivity index (χ2n) is 6.84. The predicted octanol–water partition coefficient (Wildman–Crippen LogP) is 4.36. The normalized spacial score (nSPS) is 10.7. The molecule has 0 atom stereocenters. The summed E-state index contributed by atoms with van der Waals surface area (Å²) in [5.74, 6) is 4.84. The maximum absolute atomic E-state index is 12.9.